The Bertz CT molecular complexity index is 413. The average Bonchev–Trinajstić information content (AvgIpc) is 2.17. The predicted molar refractivity (Wildman–Crippen MR) is 57.6 cm³/mol. The molecule has 2 rings (SSSR count). The quantitative estimate of drug-likeness (QED) is 0.416. The normalized spacial score (nSPS) is 15.5. The summed E-state index contributed by atoms with van der Waals surface area (Å²) in [6.07, 6.45) is 5.27. The van der Waals surface area contributed by atoms with Crippen LogP contribution in [0.1, 0.15) is 0 Å². The van der Waals surface area contributed by atoms with Gasteiger partial charge >= 0.3 is 0 Å². The van der Waals surface area contributed by atoms with Crippen molar-refractivity contribution in [3.63, 3.8) is 0 Å². The maximum Gasteiger partial charge on any atom is 0.269 e. The summed E-state index contributed by atoms with van der Waals surface area (Å²) < 4.78 is 0. The molecule has 0 radical (unpaired) electrons. The van der Waals surface area contributed by atoms with E-state index in [0.29, 0.717) is 5.92 Å². The molecule has 15 heavy (non-hydrogen) atoms. The summed E-state index contributed by atoms with van der Waals surface area (Å²) in [6, 6.07) is 6.53. The molecule has 0 unspecified atom stereocenters. The van der Waals surface area contributed by atoms with Crippen LogP contribution in [0.5, 0.6) is 0 Å². The lowest BCUT2D eigenvalue weighted by Crippen LogP contribution is -2.45. The van der Waals surface area contributed by atoms with E-state index in [-0.39, 0.29) is 5.69 Å². The van der Waals surface area contributed by atoms with E-state index < -0.39 is 4.92 Å². The van der Waals surface area contributed by atoms with Crippen molar-refractivity contribution in [2.45, 2.75) is 0 Å². The maximum atomic E-state index is 10.4. The van der Waals surface area contributed by atoms with Crippen LogP contribution in [0.25, 0.3) is 0 Å². The van der Waals surface area contributed by atoms with E-state index in [9.17, 15) is 10.1 Å². The van der Waals surface area contributed by atoms with E-state index >= 15 is 0 Å². The fraction of sp³-hybridized carbons (Fsp3) is 0.273. The van der Waals surface area contributed by atoms with Crippen molar-refractivity contribution >= 4 is 11.4 Å². The molecular weight excluding hydrogens is 192 g/mol. The molecule has 0 atom stereocenters. The van der Waals surface area contributed by atoms with Crippen molar-refractivity contribution in [1.82, 2.24) is 0 Å². The Morgan fingerprint density at radius 1 is 1.40 bits per heavy atom. The molecule has 76 valence electrons. The van der Waals surface area contributed by atoms with E-state index in [2.05, 4.69) is 10.8 Å². The van der Waals surface area contributed by atoms with E-state index in [0.717, 1.165) is 18.8 Å². The van der Waals surface area contributed by atoms with Gasteiger partial charge < -0.3 is 4.90 Å². The van der Waals surface area contributed by atoms with Gasteiger partial charge in [-0.25, -0.2) is 0 Å². The first-order chi connectivity index (χ1) is 7.20. The van der Waals surface area contributed by atoms with Gasteiger partial charge in [0.25, 0.3) is 5.69 Å². The lowest BCUT2D eigenvalue weighted by molar-refractivity contribution is -0.384. The number of rotatable bonds is 2. The van der Waals surface area contributed by atoms with E-state index in [4.69, 9.17) is 6.42 Å². The standard InChI is InChI=1S/C11H10N2O2/c1-2-9-7-12(8-9)10-3-5-11(6-4-10)13(14)15/h1,3-6,9H,7-8H2. The van der Waals surface area contributed by atoms with Gasteiger partial charge in [0.15, 0.2) is 0 Å². The van der Waals surface area contributed by atoms with Crippen molar-refractivity contribution in [2.24, 2.45) is 5.92 Å². The van der Waals surface area contributed by atoms with Gasteiger partial charge in [-0.05, 0) is 12.1 Å². The molecule has 1 aliphatic heterocycles. The predicted octanol–water partition coefficient (Wildman–Crippen LogP) is 1.66. The lowest BCUT2D eigenvalue weighted by atomic mass is 10.0. The van der Waals surface area contributed by atoms with Gasteiger partial charge in [-0.3, -0.25) is 10.1 Å². The third-order valence-electron chi connectivity index (χ3n) is 2.54. The number of hydrogen-bond donors (Lipinski definition) is 0. The third kappa shape index (κ3) is 1.77. The number of anilines is 1. The van der Waals surface area contributed by atoms with Crippen LogP contribution in [-0.4, -0.2) is 18.0 Å². The number of benzene rings is 1. The number of hydrogen-bond acceptors (Lipinski definition) is 3. The summed E-state index contributed by atoms with van der Waals surface area (Å²) in [6.45, 7) is 1.68. The number of terminal acetylenes is 1. The zero-order valence-electron chi connectivity index (χ0n) is 8.09. The van der Waals surface area contributed by atoms with Crippen LogP contribution in [-0.2, 0) is 0 Å². The van der Waals surface area contributed by atoms with Gasteiger partial charge in [-0.2, -0.15) is 0 Å². The second-order valence-electron chi connectivity index (χ2n) is 3.54. The van der Waals surface area contributed by atoms with Gasteiger partial charge in [0.2, 0.25) is 0 Å². The molecule has 1 aliphatic rings. The highest BCUT2D eigenvalue weighted by atomic mass is 16.6. The van der Waals surface area contributed by atoms with Crippen molar-refractivity contribution in [3.8, 4) is 12.3 Å². The molecule has 0 saturated carbocycles. The van der Waals surface area contributed by atoms with Crippen molar-refractivity contribution in [2.75, 3.05) is 18.0 Å². The Balaban J connectivity index is 2.06. The molecule has 0 amide bonds. The van der Waals surface area contributed by atoms with Crippen LogP contribution < -0.4 is 4.90 Å². The molecule has 1 fully saturated rings. The fourth-order valence-electron chi connectivity index (χ4n) is 1.58. The number of nitrogens with zero attached hydrogens (tertiary/aromatic N) is 2. The highest BCUT2D eigenvalue weighted by molar-refractivity contribution is 5.53. The van der Waals surface area contributed by atoms with Gasteiger partial charge in [0.05, 0.1) is 10.8 Å². The molecule has 0 aromatic heterocycles. The molecule has 1 aromatic carbocycles. The van der Waals surface area contributed by atoms with Crippen molar-refractivity contribution < 1.29 is 4.92 Å². The van der Waals surface area contributed by atoms with Crippen molar-refractivity contribution in [3.05, 3.63) is 34.4 Å². The molecule has 1 aromatic rings. The number of non-ortho nitro benzene ring substituents is 1. The minimum absolute atomic E-state index is 0.118. The Kier molecular flexibility index (Phi) is 2.30. The van der Waals surface area contributed by atoms with Crippen LogP contribution in [0.15, 0.2) is 24.3 Å². The third-order valence-corrected chi connectivity index (χ3v) is 2.54. The first-order valence-electron chi connectivity index (χ1n) is 4.66. The summed E-state index contributed by atoms with van der Waals surface area (Å²) in [7, 11) is 0. The summed E-state index contributed by atoms with van der Waals surface area (Å²) in [5.41, 5.74) is 1.11. The number of nitro groups is 1. The number of nitro benzene ring substituents is 1. The monoisotopic (exact) mass is 202 g/mol. The Morgan fingerprint density at radius 3 is 2.47 bits per heavy atom. The van der Waals surface area contributed by atoms with Gasteiger partial charge in [-0.15, -0.1) is 6.42 Å². The molecular formula is C11H10N2O2. The van der Waals surface area contributed by atoms with Crippen LogP contribution in [0.4, 0.5) is 11.4 Å². The Labute approximate surface area is 87.7 Å². The van der Waals surface area contributed by atoms with E-state index in [1.807, 2.05) is 0 Å². The minimum Gasteiger partial charge on any atom is -0.369 e. The summed E-state index contributed by atoms with van der Waals surface area (Å²) in [4.78, 5) is 12.1. The smallest absolute Gasteiger partial charge is 0.269 e. The van der Waals surface area contributed by atoms with Gasteiger partial charge in [0.1, 0.15) is 0 Å². The highest BCUT2D eigenvalue weighted by Crippen LogP contribution is 2.25. The van der Waals surface area contributed by atoms with Crippen LogP contribution in [0.2, 0.25) is 0 Å². The first-order valence-corrected chi connectivity index (χ1v) is 4.66. The van der Waals surface area contributed by atoms with E-state index in [1.54, 1.807) is 12.1 Å². The molecule has 0 N–H and O–H groups in total. The molecule has 0 aliphatic carbocycles. The second-order valence-corrected chi connectivity index (χ2v) is 3.54. The lowest BCUT2D eigenvalue weighted by Gasteiger charge is -2.38. The fourth-order valence-corrected chi connectivity index (χ4v) is 1.58. The topological polar surface area (TPSA) is 46.4 Å². The van der Waals surface area contributed by atoms with Gasteiger partial charge in [0, 0.05) is 30.9 Å². The SMILES string of the molecule is C#CC1CN(c2ccc([N+](=O)[O-])cc2)C1. The summed E-state index contributed by atoms with van der Waals surface area (Å²) in [5, 5.41) is 10.4. The zero-order valence-corrected chi connectivity index (χ0v) is 8.09. The zero-order chi connectivity index (χ0) is 10.8. The molecule has 4 heteroatoms. The molecule has 0 spiro atoms. The van der Waals surface area contributed by atoms with E-state index in [1.165, 1.54) is 12.1 Å². The van der Waals surface area contributed by atoms with Gasteiger partial charge in [-0.1, -0.05) is 5.92 Å². The summed E-state index contributed by atoms with van der Waals surface area (Å²) in [5.74, 6) is 3.00. The summed E-state index contributed by atoms with van der Waals surface area (Å²) >= 11 is 0. The maximum absolute atomic E-state index is 10.4. The Morgan fingerprint density at radius 2 is 2.00 bits per heavy atom. The second kappa shape index (κ2) is 3.62. The van der Waals surface area contributed by atoms with Crippen molar-refractivity contribution in [1.29, 1.82) is 0 Å². The molecule has 1 heterocycles. The van der Waals surface area contributed by atoms with Crippen LogP contribution in [0.3, 0.4) is 0 Å². The van der Waals surface area contributed by atoms with Crippen LogP contribution >= 0.6 is 0 Å². The molecule has 0 bridgehead atoms. The molecule has 1 saturated heterocycles. The first kappa shape index (κ1) is 9.53. The Hall–Kier alpha value is -2.02. The minimum atomic E-state index is -0.399. The van der Waals surface area contributed by atoms with Crippen LogP contribution in [0, 0.1) is 28.4 Å². The highest BCUT2D eigenvalue weighted by Gasteiger charge is 2.24. The average molecular weight is 202 g/mol. The largest absolute Gasteiger partial charge is 0.369 e. The molecule has 4 nitrogen and oxygen atoms in total.